The molecule has 0 saturated heterocycles. The standard InChI is InChI=1S/C34H36F4N2O7/c1-6-24(17-22-7-11-25(12-8-22)34(36,37)38)27(18-23-9-13-26(35)14-10-23)20(2)46-33(43)28(19-44-4)40-32(42)30-31(47-21(3)41)29(45-5)15-16-39-30/h7-17,20,27-28H,6,18-19H2,1-5H3,(H,40,42)/b24-17+/t20-,27-,28-/m0/s1. The van der Waals surface area contributed by atoms with Gasteiger partial charge < -0.3 is 24.3 Å². The number of aromatic nitrogens is 1. The van der Waals surface area contributed by atoms with Gasteiger partial charge >= 0.3 is 18.1 Å². The van der Waals surface area contributed by atoms with Crippen LogP contribution in [0.5, 0.6) is 11.5 Å². The molecule has 1 aromatic heterocycles. The third-order valence-corrected chi connectivity index (χ3v) is 7.18. The summed E-state index contributed by atoms with van der Waals surface area (Å²) in [6, 6.07) is 10.5. The zero-order chi connectivity index (χ0) is 34.7. The number of nitrogens with zero attached hydrogens (tertiary/aromatic N) is 1. The summed E-state index contributed by atoms with van der Waals surface area (Å²) in [4.78, 5) is 42.4. The fourth-order valence-electron chi connectivity index (χ4n) is 4.83. The number of carbonyl (C=O) groups excluding carboxylic acids is 3. The first-order valence-corrected chi connectivity index (χ1v) is 14.6. The van der Waals surface area contributed by atoms with E-state index in [0.717, 1.165) is 30.2 Å². The highest BCUT2D eigenvalue weighted by Crippen LogP contribution is 2.32. The maximum atomic E-state index is 13.7. The number of esters is 2. The molecule has 1 amide bonds. The quantitative estimate of drug-likeness (QED) is 0.161. The third-order valence-electron chi connectivity index (χ3n) is 7.18. The summed E-state index contributed by atoms with van der Waals surface area (Å²) in [5, 5.41) is 2.50. The SMILES string of the molecule is CC/C(=C\c1ccc(C(F)(F)F)cc1)[C@@H](Cc1ccc(F)cc1)[C@H](C)OC(=O)[C@H](COC)NC(=O)c1nccc(OC)c1OC(C)=O. The molecule has 13 heteroatoms. The Bertz CT molecular complexity index is 1560. The van der Waals surface area contributed by atoms with Crippen molar-refractivity contribution in [1.82, 2.24) is 10.3 Å². The Balaban J connectivity index is 1.90. The zero-order valence-corrected chi connectivity index (χ0v) is 26.5. The molecule has 47 heavy (non-hydrogen) atoms. The van der Waals surface area contributed by atoms with Crippen molar-refractivity contribution in [2.45, 2.75) is 51.9 Å². The van der Waals surface area contributed by atoms with Crippen LogP contribution in [0.25, 0.3) is 6.08 Å². The first-order chi connectivity index (χ1) is 22.3. The van der Waals surface area contributed by atoms with E-state index in [-0.39, 0.29) is 23.8 Å². The molecule has 3 aromatic rings. The number of hydrogen-bond acceptors (Lipinski definition) is 8. The van der Waals surface area contributed by atoms with Crippen LogP contribution in [0, 0.1) is 11.7 Å². The van der Waals surface area contributed by atoms with Crippen LogP contribution < -0.4 is 14.8 Å². The number of methoxy groups -OCH3 is 2. The van der Waals surface area contributed by atoms with Crippen molar-refractivity contribution in [3.05, 3.63) is 94.6 Å². The van der Waals surface area contributed by atoms with E-state index in [9.17, 15) is 31.9 Å². The van der Waals surface area contributed by atoms with E-state index < -0.39 is 53.5 Å². The molecule has 1 heterocycles. The summed E-state index contributed by atoms with van der Waals surface area (Å²) in [5.74, 6) is -3.54. The Morgan fingerprint density at radius 2 is 1.66 bits per heavy atom. The first kappa shape index (κ1) is 36.7. The number of halogens is 4. The maximum absolute atomic E-state index is 13.7. The second kappa shape index (κ2) is 16.7. The number of nitrogens with one attached hydrogen (secondary N) is 1. The van der Waals surface area contributed by atoms with E-state index in [2.05, 4.69) is 10.3 Å². The molecule has 0 spiro atoms. The van der Waals surface area contributed by atoms with E-state index in [4.69, 9.17) is 18.9 Å². The average molecular weight is 661 g/mol. The lowest BCUT2D eigenvalue weighted by molar-refractivity contribution is -0.154. The molecular formula is C34H36F4N2O7. The van der Waals surface area contributed by atoms with Gasteiger partial charge in [0, 0.05) is 32.2 Å². The van der Waals surface area contributed by atoms with Crippen LogP contribution in [0.1, 0.15) is 54.4 Å². The smallest absolute Gasteiger partial charge is 0.416 e. The van der Waals surface area contributed by atoms with Crippen molar-refractivity contribution in [3.8, 4) is 11.5 Å². The molecule has 0 aliphatic rings. The van der Waals surface area contributed by atoms with Gasteiger partial charge in [0.25, 0.3) is 5.91 Å². The molecule has 2 aromatic carbocycles. The van der Waals surface area contributed by atoms with Gasteiger partial charge in [-0.05, 0) is 55.2 Å². The summed E-state index contributed by atoms with van der Waals surface area (Å²) in [6.45, 7) is 4.36. The summed E-state index contributed by atoms with van der Waals surface area (Å²) >= 11 is 0. The number of pyridine rings is 1. The van der Waals surface area contributed by atoms with E-state index in [1.807, 2.05) is 6.92 Å². The Hall–Kier alpha value is -4.78. The summed E-state index contributed by atoms with van der Waals surface area (Å²) in [7, 11) is 2.64. The Morgan fingerprint density at radius 1 is 1.00 bits per heavy atom. The number of carbonyl (C=O) groups is 3. The fraction of sp³-hybridized carbons (Fsp3) is 0.353. The lowest BCUT2D eigenvalue weighted by Crippen LogP contribution is -2.46. The predicted octanol–water partition coefficient (Wildman–Crippen LogP) is 6.20. The van der Waals surface area contributed by atoms with Gasteiger partial charge in [0.2, 0.25) is 5.75 Å². The van der Waals surface area contributed by atoms with Crippen molar-refractivity contribution in [3.63, 3.8) is 0 Å². The molecule has 0 saturated carbocycles. The van der Waals surface area contributed by atoms with E-state index in [1.54, 1.807) is 25.1 Å². The number of alkyl halides is 3. The van der Waals surface area contributed by atoms with Crippen LogP contribution in [-0.4, -0.2) is 55.8 Å². The monoisotopic (exact) mass is 660 g/mol. The number of benzene rings is 2. The highest BCUT2D eigenvalue weighted by molar-refractivity contribution is 5.98. The minimum atomic E-state index is -4.48. The van der Waals surface area contributed by atoms with Gasteiger partial charge in [-0.15, -0.1) is 0 Å². The van der Waals surface area contributed by atoms with Gasteiger partial charge in [-0.2, -0.15) is 13.2 Å². The summed E-state index contributed by atoms with van der Waals surface area (Å²) in [5.41, 5.74) is 0.899. The Kier molecular flexibility index (Phi) is 13.0. The topological polar surface area (TPSA) is 113 Å². The molecule has 0 radical (unpaired) electrons. The van der Waals surface area contributed by atoms with Crippen molar-refractivity contribution < 1.29 is 50.9 Å². The second-order valence-electron chi connectivity index (χ2n) is 10.5. The second-order valence-corrected chi connectivity index (χ2v) is 10.5. The van der Waals surface area contributed by atoms with Crippen LogP contribution in [0.3, 0.4) is 0 Å². The highest BCUT2D eigenvalue weighted by atomic mass is 19.4. The molecular weight excluding hydrogens is 624 g/mol. The normalized spacial score (nSPS) is 13.7. The Morgan fingerprint density at radius 3 is 2.21 bits per heavy atom. The molecule has 0 unspecified atom stereocenters. The van der Waals surface area contributed by atoms with Gasteiger partial charge in [-0.3, -0.25) is 9.59 Å². The van der Waals surface area contributed by atoms with E-state index in [0.29, 0.717) is 18.4 Å². The minimum Gasteiger partial charge on any atom is -0.493 e. The number of hydrogen-bond donors (Lipinski definition) is 1. The van der Waals surface area contributed by atoms with Gasteiger partial charge in [0.1, 0.15) is 11.9 Å². The lowest BCUT2D eigenvalue weighted by atomic mass is 9.85. The fourth-order valence-corrected chi connectivity index (χ4v) is 4.83. The molecule has 3 rings (SSSR count). The third kappa shape index (κ3) is 10.4. The van der Waals surface area contributed by atoms with Gasteiger partial charge in [0.05, 0.1) is 19.3 Å². The molecule has 1 N–H and O–H groups in total. The van der Waals surface area contributed by atoms with Crippen molar-refractivity contribution in [2.24, 2.45) is 5.92 Å². The maximum Gasteiger partial charge on any atom is 0.416 e. The summed E-state index contributed by atoms with van der Waals surface area (Å²) in [6.07, 6.45) is -1.55. The van der Waals surface area contributed by atoms with Crippen molar-refractivity contribution >= 4 is 23.9 Å². The Labute approximate surface area is 269 Å². The van der Waals surface area contributed by atoms with Crippen molar-refractivity contribution in [1.29, 1.82) is 0 Å². The van der Waals surface area contributed by atoms with Crippen LogP contribution in [-0.2, 0) is 31.7 Å². The highest BCUT2D eigenvalue weighted by Gasteiger charge is 2.32. The number of amides is 1. The van der Waals surface area contributed by atoms with Crippen molar-refractivity contribution in [2.75, 3.05) is 20.8 Å². The van der Waals surface area contributed by atoms with Gasteiger partial charge in [-0.25, -0.2) is 14.2 Å². The van der Waals surface area contributed by atoms with Crippen LogP contribution in [0.15, 0.2) is 66.4 Å². The predicted molar refractivity (Wildman–Crippen MR) is 164 cm³/mol. The molecule has 0 bridgehead atoms. The van der Waals surface area contributed by atoms with Crippen LogP contribution >= 0.6 is 0 Å². The molecule has 252 valence electrons. The lowest BCUT2D eigenvalue weighted by Gasteiger charge is -2.28. The zero-order valence-electron chi connectivity index (χ0n) is 26.5. The van der Waals surface area contributed by atoms with E-state index in [1.165, 1.54) is 50.7 Å². The van der Waals surface area contributed by atoms with Gasteiger partial charge in [-0.1, -0.05) is 42.8 Å². The number of ether oxygens (including phenoxy) is 4. The van der Waals surface area contributed by atoms with Gasteiger partial charge in [0.15, 0.2) is 17.5 Å². The minimum absolute atomic E-state index is 0.0652. The molecule has 0 aliphatic heterocycles. The summed E-state index contributed by atoms with van der Waals surface area (Å²) < 4.78 is 74.4. The molecule has 3 atom stereocenters. The average Bonchev–Trinajstić information content (AvgIpc) is 3.02. The molecule has 0 fully saturated rings. The van der Waals surface area contributed by atoms with Crippen LogP contribution in [0.2, 0.25) is 0 Å². The molecule has 9 nitrogen and oxygen atoms in total. The van der Waals surface area contributed by atoms with E-state index >= 15 is 0 Å². The largest absolute Gasteiger partial charge is 0.493 e. The number of rotatable bonds is 14. The first-order valence-electron chi connectivity index (χ1n) is 14.6. The molecule has 0 aliphatic carbocycles. The van der Waals surface area contributed by atoms with Crippen LogP contribution in [0.4, 0.5) is 17.6 Å².